The van der Waals surface area contributed by atoms with Crippen LogP contribution in [0.2, 0.25) is 0 Å². The van der Waals surface area contributed by atoms with Gasteiger partial charge in [0.15, 0.2) is 5.82 Å². The summed E-state index contributed by atoms with van der Waals surface area (Å²) in [6.45, 7) is 0.503. The lowest BCUT2D eigenvalue weighted by Gasteiger charge is -1.98. The lowest BCUT2D eigenvalue weighted by molar-refractivity contribution is 0.617. The van der Waals surface area contributed by atoms with E-state index in [1.165, 1.54) is 4.80 Å². The van der Waals surface area contributed by atoms with Gasteiger partial charge in [0.05, 0.1) is 13.2 Å². The normalized spacial score (nSPS) is 10.8. The number of hydrogen-bond donors (Lipinski definition) is 1. The summed E-state index contributed by atoms with van der Waals surface area (Å²) in [5.74, 6) is 0.634. The molecule has 2 N–H and O–H groups in total. The van der Waals surface area contributed by atoms with Gasteiger partial charge in [0, 0.05) is 17.4 Å². The Bertz CT molecular complexity index is 680. The third-order valence-electron chi connectivity index (χ3n) is 2.73. The summed E-state index contributed by atoms with van der Waals surface area (Å²) in [6, 6.07) is 7.68. The van der Waals surface area contributed by atoms with Crippen LogP contribution in [0, 0.1) is 0 Å². The molecule has 2 heterocycles. The largest absolute Gasteiger partial charge is 0.399 e. The van der Waals surface area contributed by atoms with Gasteiger partial charge >= 0.3 is 0 Å². The highest BCUT2D eigenvalue weighted by molar-refractivity contribution is 5.63. The van der Waals surface area contributed by atoms with Crippen LogP contribution < -0.4 is 5.73 Å². The van der Waals surface area contributed by atoms with Gasteiger partial charge in [0.25, 0.3) is 0 Å². The SMILES string of the molecule is Cn1nnc(Cn2cc(-c3ccc(N)cc3)cn2)n1. The molecular weight excluding hydrogens is 242 g/mol. The van der Waals surface area contributed by atoms with E-state index >= 15 is 0 Å². The second-order valence-corrected chi connectivity index (χ2v) is 4.24. The molecule has 0 atom stereocenters. The molecule has 0 aliphatic rings. The number of nitrogens with zero attached hydrogens (tertiary/aromatic N) is 6. The molecule has 0 saturated carbocycles. The monoisotopic (exact) mass is 255 g/mol. The van der Waals surface area contributed by atoms with Gasteiger partial charge in [-0.3, -0.25) is 4.68 Å². The van der Waals surface area contributed by atoms with Gasteiger partial charge in [-0.2, -0.15) is 9.90 Å². The molecule has 0 aliphatic carbocycles. The number of anilines is 1. The minimum Gasteiger partial charge on any atom is -0.399 e. The zero-order valence-corrected chi connectivity index (χ0v) is 10.4. The molecule has 0 unspecified atom stereocenters. The fourth-order valence-corrected chi connectivity index (χ4v) is 1.81. The maximum atomic E-state index is 5.67. The first-order chi connectivity index (χ1) is 9.20. The molecule has 7 nitrogen and oxygen atoms in total. The van der Waals surface area contributed by atoms with Crippen molar-refractivity contribution in [2.45, 2.75) is 6.54 Å². The van der Waals surface area contributed by atoms with E-state index in [0.29, 0.717) is 12.4 Å². The minimum absolute atomic E-state index is 0.503. The van der Waals surface area contributed by atoms with Gasteiger partial charge in [0.2, 0.25) is 0 Å². The van der Waals surface area contributed by atoms with Crippen LogP contribution in [0.4, 0.5) is 5.69 Å². The first-order valence-corrected chi connectivity index (χ1v) is 5.82. The first kappa shape index (κ1) is 11.4. The van der Waals surface area contributed by atoms with E-state index in [4.69, 9.17) is 5.73 Å². The Kier molecular flexibility index (Phi) is 2.71. The van der Waals surface area contributed by atoms with Crippen LogP contribution in [-0.4, -0.2) is 30.0 Å². The maximum absolute atomic E-state index is 5.67. The number of tetrazole rings is 1. The molecule has 0 radical (unpaired) electrons. The molecule has 1 aromatic carbocycles. The van der Waals surface area contributed by atoms with Crippen LogP contribution in [0.25, 0.3) is 11.1 Å². The van der Waals surface area contributed by atoms with E-state index in [1.807, 2.05) is 36.7 Å². The number of nitrogens with two attached hydrogens (primary N) is 1. The molecule has 96 valence electrons. The number of rotatable bonds is 3. The van der Waals surface area contributed by atoms with Gasteiger partial charge in [-0.15, -0.1) is 10.2 Å². The Morgan fingerprint density at radius 2 is 1.95 bits per heavy atom. The van der Waals surface area contributed by atoms with Crippen LogP contribution >= 0.6 is 0 Å². The molecule has 0 aliphatic heterocycles. The lowest BCUT2D eigenvalue weighted by atomic mass is 10.1. The highest BCUT2D eigenvalue weighted by Crippen LogP contribution is 2.19. The first-order valence-electron chi connectivity index (χ1n) is 5.82. The van der Waals surface area contributed by atoms with Crippen LogP contribution in [-0.2, 0) is 13.6 Å². The quantitative estimate of drug-likeness (QED) is 0.696. The molecule has 0 saturated heterocycles. The van der Waals surface area contributed by atoms with Gasteiger partial charge in [-0.1, -0.05) is 12.1 Å². The smallest absolute Gasteiger partial charge is 0.196 e. The van der Waals surface area contributed by atoms with Gasteiger partial charge < -0.3 is 5.73 Å². The average molecular weight is 255 g/mol. The third-order valence-corrected chi connectivity index (χ3v) is 2.73. The van der Waals surface area contributed by atoms with Gasteiger partial charge in [-0.25, -0.2) is 0 Å². The number of hydrogen-bond acceptors (Lipinski definition) is 5. The third kappa shape index (κ3) is 2.44. The van der Waals surface area contributed by atoms with E-state index in [9.17, 15) is 0 Å². The predicted octanol–water partition coefficient (Wildman–Crippen LogP) is 0.704. The van der Waals surface area contributed by atoms with Gasteiger partial charge in [0.1, 0.15) is 6.54 Å². The van der Waals surface area contributed by atoms with E-state index in [0.717, 1.165) is 16.8 Å². The number of nitrogen functional groups attached to an aromatic ring is 1. The lowest BCUT2D eigenvalue weighted by Crippen LogP contribution is -2.02. The molecule has 3 rings (SSSR count). The molecule has 0 spiro atoms. The van der Waals surface area contributed by atoms with Crippen molar-refractivity contribution in [2.75, 3.05) is 5.73 Å². The number of aryl methyl sites for hydroxylation is 1. The molecule has 19 heavy (non-hydrogen) atoms. The highest BCUT2D eigenvalue weighted by Gasteiger charge is 2.05. The van der Waals surface area contributed by atoms with Crippen molar-refractivity contribution in [2.24, 2.45) is 7.05 Å². The van der Waals surface area contributed by atoms with Crippen molar-refractivity contribution in [1.29, 1.82) is 0 Å². The molecule has 3 aromatic rings. The van der Waals surface area contributed by atoms with Crippen LogP contribution in [0.3, 0.4) is 0 Å². The molecule has 0 fully saturated rings. The summed E-state index contributed by atoms with van der Waals surface area (Å²) in [4.78, 5) is 1.43. The van der Waals surface area contributed by atoms with Crippen molar-refractivity contribution in [3.63, 3.8) is 0 Å². The Morgan fingerprint density at radius 3 is 2.63 bits per heavy atom. The maximum Gasteiger partial charge on any atom is 0.196 e. The fourth-order valence-electron chi connectivity index (χ4n) is 1.81. The molecule has 7 heteroatoms. The van der Waals surface area contributed by atoms with Crippen LogP contribution in [0.15, 0.2) is 36.7 Å². The molecule has 0 amide bonds. The van der Waals surface area contributed by atoms with E-state index in [2.05, 4.69) is 20.5 Å². The van der Waals surface area contributed by atoms with E-state index in [1.54, 1.807) is 11.7 Å². The molecule has 2 aromatic heterocycles. The number of aromatic nitrogens is 6. The van der Waals surface area contributed by atoms with Crippen molar-refractivity contribution in [3.8, 4) is 11.1 Å². The Balaban J connectivity index is 1.81. The summed E-state index contributed by atoms with van der Waals surface area (Å²) in [5.41, 5.74) is 8.53. The molecular formula is C12H13N7. The molecule has 0 bridgehead atoms. The Hall–Kier alpha value is -2.70. The standard InChI is InChI=1S/C12H13N7/c1-18-16-12(15-17-18)8-19-7-10(6-14-19)9-2-4-11(13)5-3-9/h2-7H,8,13H2,1H3. The highest BCUT2D eigenvalue weighted by atomic mass is 15.6. The van der Waals surface area contributed by atoms with Crippen molar-refractivity contribution < 1.29 is 0 Å². The summed E-state index contributed by atoms with van der Waals surface area (Å²) >= 11 is 0. The minimum atomic E-state index is 0.503. The van der Waals surface area contributed by atoms with Crippen molar-refractivity contribution >= 4 is 5.69 Å². The summed E-state index contributed by atoms with van der Waals surface area (Å²) < 4.78 is 1.78. The Labute approximate surface area is 109 Å². The number of benzene rings is 1. The second-order valence-electron chi connectivity index (χ2n) is 4.24. The van der Waals surface area contributed by atoms with Crippen molar-refractivity contribution in [3.05, 3.63) is 42.5 Å². The zero-order valence-electron chi connectivity index (χ0n) is 10.4. The van der Waals surface area contributed by atoms with E-state index < -0.39 is 0 Å². The zero-order chi connectivity index (χ0) is 13.2. The van der Waals surface area contributed by atoms with Crippen LogP contribution in [0.1, 0.15) is 5.82 Å². The second kappa shape index (κ2) is 4.52. The van der Waals surface area contributed by atoms with E-state index in [-0.39, 0.29) is 0 Å². The topological polar surface area (TPSA) is 87.4 Å². The summed E-state index contributed by atoms with van der Waals surface area (Å²) in [7, 11) is 1.74. The van der Waals surface area contributed by atoms with Gasteiger partial charge in [-0.05, 0) is 22.9 Å². The summed E-state index contributed by atoms with van der Waals surface area (Å²) in [6.07, 6.45) is 3.75. The fraction of sp³-hybridized carbons (Fsp3) is 0.167. The Morgan fingerprint density at radius 1 is 1.16 bits per heavy atom. The summed E-state index contributed by atoms with van der Waals surface area (Å²) in [5, 5.41) is 16.1. The van der Waals surface area contributed by atoms with Crippen LogP contribution in [0.5, 0.6) is 0 Å². The van der Waals surface area contributed by atoms with Crippen molar-refractivity contribution in [1.82, 2.24) is 30.0 Å². The average Bonchev–Trinajstić information content (AvgIpc) is 3.00. The predicted molar refractivity (Wildman–Crippen MR) is 70.0 cm³/mol.